The number of nitrogens with one attached hydrogen (secondary N) is 1. The lowest BCUT2D eigenvalue weighted by molar-refractivity contribution is 0.102. The Hall–Kier alpha value is -1.73. The summed E-state index contributed by atoms with van der Waals surface area (Å²) < 4.78 is 3.30. The van der Waals surface area contributed by atoms with Crippen molar-refractivity contribution in [2.75, 3.05) is 5.32 Å². The quantitative estimate of drug-likeness (QED) is 0.770. The predicted molar refractivity (Wildman–Crippen MR) is 83.2 cm³/mol. The van der Waals surface area contributed by atoms with E-state index in [2.05, 4.69) is 37.4 Å². The molecule has 0 spiro atoms. The average molecular weight is 351 g/mol. The number of amides is 1. The van der Waals surface area contributed by atoms with Crippen LogP contribution in [0.1, 0.15) is 16.1 Å². The van der Waals surface area contributed by atoms with E-state index in [9.17, 15) is 4.79 Å². The molecular formula is C13H11BrN4OS. The lowest BCUT2D eigenvalue weighted by Crippen LogP contribution is -2.13. The molecule has 0 aliphatic rings. The minimum absolute atomic E-state index is 0.270. The highest BCUT2D eigenvalue weighted by atomic mass is 79.9. The maximum absolute atomic E-state index is 12.1. The Balaban J connectivity index is 1.89. The third-order valence-corrected chi connectivity index (χ3v) is 4.28. The monoisotopic (exact) mass is 350 g/mol. The molecule has 1 aromatic carbocycles. The van der Waals surface area contributed by atoms with Crippen molar-refractivity contribution in [2.24, 2.45) is 7.05 Å². The number of aryl methyl sites for hydroxylation is 2. The van der Waals surface area contributed by atoms with Gasteiger partial charge in [-0.25, -0.2) is 4.98 Å². The van der Waals surface area contributed by atoms with E-state index in [1.165, 1.54) is 16.9 Å². The Labute approximate surface area is 127 Å². The van der Waals surface area contributed by atoms with Crippen molar-refractivity contribution in [3.8, 4) is 0 Å². The Kier molecular flexibility index (Phi) is 3.31. The molecule has 1 amide bonds. The lowest BCUT2D eigenvalue weighted by Gasteiger charge is -1.97. The zero-order valence-electron chi connectivity index (χ0n) is 10.8. The number of carbonyl (C=O) groups is 1. The van der Waals surface area contributed by atoms with Gasteiger partial charge >= 0.3 is 0 Å². The van der Waals surface area contributed by atoms with Gasteiger partial charge in [0.05, 0.1) is 14.7 Å². The van der Waals surface area contributed by atoms with Crippen LogP contribution in [0, 0.1) is 6.92 Å². The Morgan fingerprint density at radius 1 is 1.45 bits per heavy atom. The fourth-order valence-corrected chi connectivity index (χ4v) is 3.37. The van der Waals surface area contributed by atoms with Crippen LogP contribution in [-0.2, 0) is 7.05 Å². The minimum atomic E-state index is -0.270. The molecule has 0 saturated heterocycles. The molecule has 2 aromatic heterocycles. The number of carbonyl (C=O) groups excluding carboxylic acids is 1. The first-order chi connectivity index (χ1) is 9.52. The standard InChI is InChI=1S/C13H11BrN4OS/c1-7-3-4-9-10(5-7)20-13(15-9)16-12(19)11-8(14)6-18(2)17-11/h3-6H,1-2H3,(H,15,16,19). The minimum Gasteiger partial charge on any atom is -0.296 e. The number of anilines is 1. The van der Waals surface area contributed by atoms with Gasteiger partial charge in [0.2, 0.25) is 0 Å². The van der Waals surface area contributed by atoms with Gasteiger partial charge in [-0.15, -0.1) is 0 Å². The Morgan fingerprint density at radius 3 is 2.95 bits per heavy atom. The average Bonchev–Trinajstić information content (AvgIpc) is 2.91. The Bertz CT molecular complexity index is 808. The predicted octanol–water partition coefficient (Wildman–Crippen LogP) is 3.35. The van der Waals surface area contributed by atoms with Gasteiger partial charge in [-0.2, -0.15) is 5.10 Å². The number of aromatic nitrogens is 3. The molecule has 7 heteroatoms. The second-order valence-electron chi connectivity index (χ2n) is 4.44. The molecule has 0 atom stereocenters. The molecule has 0 aliphatic carbocycles. The van der Waals surface area contributed by atoms with Crippen LogP contribution in [0.15, 0.2) is 28.9 Å². The number of rotatable bonds is 2. The van der Waals surface area contributed by atoms with Crippen molar-refractivity contribution >= 4 is 48.5 Å². The van der Waals surface area contributed by atoms with Crippen LogP contribution < -0.4 is 5.32 Å². The van der Waals surface area contributed by atoms with Gasteiger partial charge in [-0.05, 0) is 40.5 Å². The maximum Gasteiger partial charge on any atom is 0.279 e. The number of hydrogen-bond acceptors (Lipinski definition) is 4. The van der Waals surface area contributed by atoms with E-state index < -0.39 is 0 Å². The summed E-state index contributed by atoms with van der Waals surface area (Å²) in [5.74, 6) is -0.270. The molecule has 0 bridgehead atoms. The topological polar surface area (TPSA) is 59.8 Å². The summed E-state index contributed by atoms with van der Waals surface area (Å²) >= 11 is 4.77. The van der Waals surface area contributed by atoms with E-state index in [-0.39, 0.29) is 5.91 Å². The summed E-state index contributed by atoms with van der Waals surface area (Å²) in [5, 5.41) is 7.47. The molecule has 0 aliphatic heterocycles. The van der Waals surface area contributed by atoms with Crippen molar-refractivity contribution in [1.82, 2.24) is 14.8 Å². The van der Waals surface area contributed by atoms with Crippen molar-refractivity contribution in [3.63, 3.8) is 0 Å². The molecule has 1 N–H and O–H groups in total. The smallest absolute Gasteiger partial charge is 0.279 e. The zero-order chi connectivity index (χ0) is 14.3. The summed E-state index contributed by atoms with van der Waals surface area (Å²) in [6.07, 6.45) is 1.73. The molecule has 0 radical (unpaired) electrons. The molecule has 0 saturated carbocycles. The molecule has 5 nitrogen and oxygen atoms in total. The number of halogens is 1. The van der Waals surface area contributed by atoms with Crippen LogP contribution in [0.2, 0.25) is 0 Å². The van der Waals surface area contributed by atoms with Crippen LogP contribution in [0.3, 0.4) is 0 Å². The molecule has 0 fully saturated rings. The molecule has 0 unspecified atom stereocenters. The van der Waals surface area contributed by atoms with Crippen LogP contribution >= 0.6 is 27.3 Å². The van der Waals surface area contributed by atoms with E-state index in [1.807, 2.05) is 19.1 Å². The summed E-state index contributed by atoms with van der Waals surface area (Å²) in [7, 11) is 1.77. The molecular weight excluding hydrogens is 340 g/mol. The number of fused-ring (bicyclic) bond motifs is 1. The molecule has 102 valence electrons. The van der Waals surface area contributed by atoms with Gasteiger partial charge in [0, 0.05) is 13.2 Å². The first-order valence-electron chi connectivity index (χ1n) is 5.90. The van der Waals surface area contributed by atoms with Gasteiger partial charge in [0.1, 0.15) is 0 Å². The van der Waals surface area contributed by atoms with Crippen molar-refractivity contribution in [2.45, 2.75) is 6.92 Å². The first-order valence-corrected chi connectivity index (χ1v) is 7.51. The summed E-state index contributed by atoms with van der Waals surface area (Å²) in [6.45, 7) is 2.03. The molecule has 3 rings (SSSR count). The van der Waals surface area contributed by atoms with Gasteiger partial charge in [0.25, 0.3) is 5.91 Å². The van der Waals surface area contributed by atoms with Gasteiger partial charge in [-0.3, -0.25) is 14.8 Å². The summed E-state index contributed by atoms with van der Waals surface area (Å²) in [6, 6.07) is 6.01. The Morgan fingerprint density at radius 2 is 2.25 bits per heavy atom. The van der Waals surface area contributed by atoms with E-state index in [1.54, 1.807) is 17.9 Å². The van der Waals surface area contributed by atoms with Crippen molar-refractivity contribution in [3.05, 3.63) is 40.1 Å². The highest BCUT2D eigenvalue weighted by Crippen LogP contribution is 2.27. The van der Waals surface area contributed by atoms with Crippen LogP contribution in [0.5, 0.6) is 0 Å². The SMILES string of the molecule is Cc1ccc2nc(NC(=O)c3nn(C)cc3Br)sc2c1. The van der Waals surface area contributed by atoms with Crippen molar-refractivity contribution < 1.29 is 4.79 Å². The number of hydrogen-bond donors (Lipinski definition) is 1. The van der Waals surface area contributed by atoms with Gasteiger partial charge < -0.3 is 0 Å². The van der Waals surface area contributed by atoms with Crippen LogP contribution in [0.25, 0.3) is 10.2 Å². The van der Waals surface area contributed by atoms with Crippen molar-refractivity contribution in [1.29, 1.82) is 0 Å². The number of thiazole rings is 1. The first kappa shape index (κ1) is 13.3. The second-order valence-corrected chi connectivity index (χ2v) is 6.33. The van der Waals surface area contributed by atoms with Gasteiger partial charge in [0.15, 0.2) is 10.8 Å². The maximum atomic E-state index is 12.1. The largest absolute Gasteiger partial charge is 0.296 e. The zero-order valence-corrected chi connectivity index (χ0v) is 13.2. The highest BCUT2D eigenvalue weighted by Gasteiger charge is 2.16. The normalized spacial score (nSPS) is 10.9. The third kappa shape index (κ3) is 2.46. The summed E-state index contributed by atoms with van der Waals surface area (Å²) in [4.78, 5) is 16.5. The third-order valence-electron chi connectivity index (χ3n) is 2.76. The van der Waals surface area contributed by atoms with Gasteiger partial charge in [-0.1, -0.05) is 17.4 Å². The number of benzene rings is 1. The molecule has 2 heterocycles. The van der Waals surface area contributed by atoms with E-state index in [4.69, 9.17) is 0 Å². The lowest BCUT2D eigenvalue weighted by atomic mass is 10.2. The van der Waals surface area contributed by atoms with Crippen LogP contribution in [0.4, 0.5) is 5.13 Å². The number of nitrogens with zero attached hydrogens (tertiary/aromatic N) is 3. The summed E-state index contributed by atoms with van der Waals surface area (Å²) in [5.41, 5.74) is 2.41. The molecule has 3 aromatic rings. The van der Waals surface area contributed by atoms with Crippen LogP contribution in [-0.4, -0.2) is 20.7 Å². The van der Waals surface area contributed by atoms with E-state index in [0.29, 0.717) is 15.3 Å². The van der Waals surface area contributed by atoms with E-state index in [0.717, 1.165) is 10.2 Å². The molecule has 20 heavy (non-hydrogen) atoms. The van der Waals surface area contributed by atoms with E-state index >= 15 is 0 Å². The fourth-order valence-electron chi connectivity index (χ4n) is 1.86. The highest BCUT2D eigenvalue weighted by molar-refractivity contribution is 9.10. The second kappa shape index (κ2) is 4.99. The fraction of sp³-hybridized carbons (Fsp3) is 0.154.